The third-order valence-electron chi connectivity index (χ3n) is 3.45. The smallest absolute Gasteiger partial charge is 0.0676 e. The van der Waals surface area contributed by atoms with Gasteiger partial charge in [-0.2, -0.15) is 0 Å². The van der Waals surface area contributed by atoms with Crippen molar-refractivity contribution in [1.29, 1.82) is 0 Å². The van der Waals surface area contributed by atoms with Crippen LogP contribution >= 0.6 is 11.6 Å². The Bertz CT molecular complexity index is 199. The van der Waals surface area contributed by atoms with Crippen LogP contribution in [0.2, 0.25) is 0 Å². The predicted octanol–water partition coefficient (Wildman–Crippen LogP) is 2.96. The van der Waals surface area contributed by atoms with Gasteiger partial charge in [0.25, 0.3) is 0 Å². The van der Waals surface area contributed by atoms with Gasteiger partial charge in [-0.1, -0.05) is 0 Å². The molecule has 70 valence electrons. The molecule has 1 nitrogen and oxygen atoms in total. The molecule has 3 rings (SSSR count). The summed E-state index contributed by atoms with van der Waals surface area (Å²) < 4.78 is 6.05. The van der Waals surface area contributed by atoms with Gasteiger partial charge in [0.2, 0.25) is 0 Å². The average molecular weight is 189 g/mol. The van der Waals surface area contributed by atoms with Crippen LogP contribution in [0, 0.1) is 5.92 Å². The van der Waals surface area contributed by atoms with Crippen LogP contribution in [0.1, 0.15) is 40.0 Å². The summed E-state index contributed by atoms with van der Waals surface area (Å²) in [6.07, 6.45) is 3.45. The molecule has 0 N–H and O–H groups in total. The topological polar surface area (TPSA) is 9.23 Å². The van der Waals surface area contributed by atoms with E-state index in [-0.39, 0.29) is 11.2 Å². The third kappa shape index (κ3) is 1.18. The van der Waals surface area contributed by atoms with Crippen molar-refractivity contribution in [2.45, 2.75) is 56.6 Å². The quantitative estimate of drug-likeness (QED) is 0.532. The van der Waals surface area contributed by atoms with Crippen molar-refractivity contribution in [3.8, 4) is 0 Å². The molecule has 1 saturated carbocycles. The lowest BCUT2D eigenvalue weighted by atomic mass is 9.68. The number of fused-ring (bicyclic) bond motifs is 3. The highest BCUT2D eigenvalue weighted by Gasteiger charge is 2.52. The predicted molar refractivity (Wildman–Crippen MR) is 50.6 cm³/mol. The molecule has 0 radical (unpaired) electrons. The van der Waals surface area contributed by atoms with Crippen LogP contribution < -0.4 is 0 Å². The molecule has 0 amide bonds. The van der Waals surface area contributed by atoms with Crippen LogP contribution in [-0.2, 0) is 4.74 Å². The highest BCUT2D eigenvalue weighted by atomic mass is 35.5. The second-order valence-corrected chi connectivity index (χ2v) is 5.58. The van der Waals surface area contributed by atoms with Gasteiger partial charge in [-0.3, -0.25) is 0 Å². The van der Waals surface area contributed by atoms with Gasteiger partial charge in [-0.15, -0.1) is 11.6 Å². The standard InChI is InChI=1S/C10H17ClO/c1-9(2)7-4-5-10(3,12-9)6-8(7)11/h7-8H,4-6H2,1-3H3. The zero-order valence-corrected chi connectivity index (χ0v) is 8.82. The zero-order chi connectivity index (χ0) is 8.98. The molecule has 3 aliphatic rings. The molecule has 12 heavy (non-hydrogen) atoms. The molecule has 2 saturated heterocycles. The largest absolute Gasteiger partial charge is 0.369 e. The number of alkyl halides is 1. The maximum absolute atomic E-state index is 6.31. The molecule has 2 aliphatic heterocycles. The monoisotopic (exact) mass is 188 g/mol. The summed E-state index contributed by atoms with van der Waals surface area (Å²) in [5.41, 5.74) is 0.0579. The first-order chi connectivity index (χ1) is 5.43. The summed E-state index contributed by atoms with van der Waals surface area (Å²) in [7, 11) is 0. The van der Waals surface area contributed by atoms with Crippen LogP contribution in [0.3, 0.4) is 0 Å². The number of hydrogen-bond acceptors (Lipinski definition) is 1. The van der Waals surface area contributed by atoms with Crippen molar-refractivity contribution in [1.82, 2.24) is 0 Å². The zero-order valence-electron chi connectivity index (χ0n) is 8.06. The fourth-order valence-corrected chi connectivity index (χ4v) is 3.64. The van der Waals surface area contributed by atoms with E-state index < -0.39 is 0 Å². The molecule has 2 heterocycles. The molecular weight excluding hydrogens is 172 g/mol. The molecule has 0 aromatic heterocycles. The van der Waals surface area contributed by atoms with Crippen LogP contribution in [0.15, 0.2) is 0 Å². The van der Waals surface area contributed by atoms with Gasteiger partial charge in [-0.25, -0.2) is 0 Å². The summed E-state index contributed by atoms with van der Waals surface area (Å²) in [4.78, 5) is 0. The second-order valence-electron chi connectivity index (χ2n) is 5.02. The molecule has 3 fully saturated rings. The van der Waals surface area contributed by atoms with Gasteiger partial charge in [0.1, 0.15) is 0 Å². The normalized spacial score (nSPS) is 51.0. The molecule has 0 spiro atoms. The number of halogens is 1. The van der Waals surface area contributed by atoms with Gasteiger partial charge >= 0.3 is 0 Å². The van der Waals surface area contributed by atoms with Gasteiger partial charge in [0.05, 0.1) is 11.2 Å². The van der Waals surface area contributed by atoms with Gasteiger partial charge in [-0.05, 0) is 40.0 Å². The minimum Gasteiger partial charge on any atom is -0.369 e. The Morgan fingerprint density at radius 1 is 1.33 bits per heavy atom. The highest BCUT2D eigenvalue weighted by molar-refractivity contribution is 6.21. The fourth-order valence-electron chi connectivity index (χ4n) is 2.89. The van der Waals surface area contributed by atoms with E-state index in [2.05, 4.69) is 20.8 Å². The number of ether oxygens (including phenoxy) is 1. The number of hydrogen-bond donors (Lipinski definition) is 0. The number of rotatable bonds is 0. The molecule has 3 unspecified atom stereocenters. The van der Waals surface area contributed by atoms with E-state index in [4.69, 9.17) is 16.3 Å². The van der Waals surface area contributed by atoms with E-state index in [1.165, 1.54) is 12.8 Å². The Kier molecular flexibility index (Phi) is 1.76. The lowest BCUT2D eigenvalue weighted by Crippen LogP contribution is -2.58. The Hall–Kier alpha value is 0.250. The first kappa shape index (κ1) is 8.83. The first-order valence-electron chi connectivity index (χ1n) is 4.77. The molecular formula is C10H17ClO. The lowest BCUT2D eigenvalue weighted by Gasteiger charge is -2.56. The molecule has 1 aliphatic carbocycles. The average Bonchev–Trinajstić information content (AvgIpc) is 1.80. The van der Waals surface area contributed by atoms with Crippen molar-refractivity contribution in [2.24, 2.45) is 5.92 Å². The summed E-state index contributed by atoms with van der Waals surface area (Å²) in [5.74, 6) is 0.556. The Morgan fingerprint density at radius 2 is 2.00 bits per heavy atom. The highest BCUT2D eigenvalue weighted by Crippen LogP contribution is 2.51. The SMILES string of the molecule is CC12CCC(C(Cl)C1)C(C)(C)O2. The molecule has 3 atom stereocenters. The van der Waals surface area contributed by atoms with E-state index in [0.29, 0.717) is 11.3 Å². The fraction of sp³-hybridized carbons (Fsp3) is 1.00. The summed E-state index contributed by atoms with van der Waals surface area (Å²) >= 11 is 6.31. The van der Waals surface area contributed by atoms with Crippen molar-refractivity contribution < 1.29 is 4.74 Å². The summed E-state index contributed by atoms with van der Waals surface area (Å²) in [5, 5.41) is 0.326. The molecule has 0 aromatic rings. The minimum absolute atomic E-state index is 0.00231. The van der Waals surface area contributed by atoms with E-state index in [1.54, 1.807) is 0 Å². The van der Waals surface area contributed by atoms with Crippen LogP contribution in [0.25, 0.3) is 0 Å². The van der Waals surface area contributed by atoms with Crippen molar-refractivity contribution in [3.05, 3.63) is 0 Å². The first-order valence-corrected chi connectivity index (χ1v) is 5.21. The van der Waals surface area contributed by atoms with E-state index in [0.717, 1.165) is 6.42 Å². The van der Waals surface area contributed by atoms with E-state index in [1.807, 2.05) is 0 Å². The van der Waals surface area contributed by atoms with Gasteiger partial charge < -0.3 is 4.74 Å². The van der Waals surface area contributed by atoms with Crippen LogP contribution in [0.4, 0.5) is 0 Å². The van der Waals surface area contributed by atoms with Crippen LogP contribution in [-0.4, -0.2) is 16.6 Å². The van der Waals surface area contributed by atoms with Crippen molar-refractivity contribution in [3.63, 3.8) is 0 Å². The van der Waals surface area contributed by atoms with E-state index >= 15 is 0 Å². The van der Waals surface area contributed by atoms with Crippen LogP contribution in [0.5, 0.6) is 0 Å². The molecule has 2 bridgehead atoms. The van der Waals surface area contributed by atoms with Crippen molar-refractivity contribution >= 4 is 11.6 Å². The van der Waals surface area contributed by atoms with Gasteiger partial charge in [0.15, 0.2) is 0 Å². The Balaban J connectivity index is 2.28. The maximum Gasteiger partial charge on any atom is 0.0676 e. The summed E-state index contributed by atoms with van der Waals surface area (Å²) in [6.45, 7) is 6.53. The Morgan fingerprint density at radius 3 is 2.42 bits per heavy atom. The Labute approximate surface area is 79.4 Å². The van der Waals surface area contributed by atoms with Gasteiger partial charge in [0, 0.05) is 11.3 Å². The maximum atomic E-state index is 6.31. The van der Waals surface area contributed by atoms with E-state index in [9.17, 15) is 0 Å². The second kappa shape index (κ2) is 2.39. The minimum atomic E-state index is -0.00231. The molecule has 0 aromatic carbocycles. The summed E-state index contributed by atoms with van der Waals surface area (Å²) in [6, 6.07) is 0. The van der Waals surface area contributed by atoms with Crippen molar-refractivity contribution in [2.75, 3.05) is 0 Å². The third-order valence-corrected chi connectivity index (χ3v) is 3.91. The molecule has 2 heteroatoms. The lowest BCUT2D eigenvalue weighted by molar-refractivity contribution is -0.227.